The maximum atomic E-state index is 11.9. The van der Waals surface area contributed by atoms with E-state index in [4.69, 9.17) is 9.84 Å². The Kier molecular flexibility index (Phi) is 3.56. The van der Waals surface area contributed by atoms with Crippen molar-refractivity contribution in [3.8, 4) is 0 Å². The molecule has 0 amide bonds. The minimum Gasteiger partial charge on any atom is -0.478 e. The van der Waals surface area contributed by atoms with Gasteiger partial charge in [-0.25, -0.2) is 9.59 Å². The summed E-state index contributed by atoms with van der Waals surface area (Å²) in [4.78, 5) is 22.8. The largest absolute Gasteiger partial charge is 0.478 e. The van der Waals surface area contributed by atoms with Crippen LogP contribution in [0.25, 0.3) is 0 Å². The minimum atomic E-state index is -1.13. The van der Waals surface area contributed by atoms with Crippen molar-refractivity contribution in [2.45, 2.75) is 33.3 Å². The first-order valence-corrected chi connectivity index (χ1v) is 5.28. The van der Waals surface area contributed by atoms with Gasteiger partial charge in [-0.2, -0.15) is 0 Å². The molecule has 0 saturated carbocycles. The number of aromatic carboxylic acids is 1. The van der Waals surface area contributed by atoms with Gasteiger partial charge in [0.05, 0.1) is 11.1 Å². The number of rotatable bonds is 2. The molecule has 0 heterocycles. The highest BCUT2D eigenvalue weighted by Crippen LogP contribution is 2.17. The molecule has 1 rings (SSSR count). The van der Waals surface area contributed by atoms with Crippen LogP contribution in [0, 0.1) is 6.92 Å². The highest BCUT2D eigenvalue weighted by Gasteiger charge is 2.22. The number of carbonyl (C=O) groups excluding carboxylic acids is 1. The van der Waals surface area contributed by atoms with E-state index in [1.165, 1.54) is 12.1 Å². The fourth-order valence-electron chi connectivity index (χ4n) is 1.35. The summed E-state index contributed by atoms with van der Waals surface area (Å²) in [5.74, 6) is -1.75. The van der Waals surface area contributed by atoms with Crippen LogP contribution in [-0.4, -0.2) is 22.6 Å². The van der Waals surface area contributed by atoms with Crippen molar-refractivity contribution in [3.05, 3.63) is 34.9 Å². The molecule has 0 radical (unpaired) electrons. The molecule has 4 nitrogen and oxygen atoms in total. The molecule has 92 valence electrons. The lowest BCUT2D eigenvalue weighted by atomic mass is 10.0. The summed E-state index contributed by atoms with van der Waals surface area (Å²) in [5.41, 5.74) is 0.226. The maximum absolute atomic E-state index is 11.9. The molecule has 0 saturated heterocycles. The maximum Gasteiger partial charge on any atom is 0.339 e. The van der Waals surface area contributed by atoms with Crippen molar-refractivity contribution >= 4 is 11.9 Å². The van der Waals surface area contributed by atoms with Crippen LogP contribution in [0.1, 0.15) is 47.1 Å². The Hall–Kier alpha value is -1.84. The van der Waals surface area contributed by atoms with Crippen molar-refractivity contribution in [1.82, 2.24) is 0 Å². The second-order valence-electron chi connectivity index (χ2n) is 4.86. The van der Waals surface area contributed by atoms with Crippen molar-refractivity contribution in [2.24, 2.45) is 0 Å². The number of hydrogen-bond donors (Lipinski definition) is 1. The molecule has 1 aromatic rings. The van der Waals surface area contributed by atoms with Crippen LogP contribution in [-0.2, 0) is 4.74 Å². The topological polar surface area (TPSA) is 63.6 Å². The highest BCUT2D eigenvalue weighted by molar-refractivity contribution is 6.02. The fourth-order valence-corrected chi connectivity index (χ4v) is 1.35. The number of carbonyl (C=O) groups is 2. The molecule has 1 aromatic carbocycles. The number of carboxylic acids is 1. The number of esters is 1. The summed E-state index contributed by atoms with van der Waals surface area (Å²) < 4.78 is 5.17. The van der Waals surface area contributed by atoms with Gasteiger partial charge in [-0.05, 0) is 39.8 Å². The van der Waals surface area contributed by atoms with E-state index in [1.807, 2.05) is 0 Å². The first kappa shape index (κ1) is 13.2. The molecule has 0 aliphatic carbocycles. The molecule has 0 fully saturated rings. The number of aryl methyl sites for hydroxylation is 1. The highest BCUT2D eigenvalue weighted by atomic mass is 16.6. The third-order valence-corrected chi connectivity index (χ3v) is 2.02. The van der Waals surface area contributed by atoms with E-state index in [0.29, 0.717) is 0 Å². The molecule has 0 spiro atoms. The Morgan fingerprint density at radius 2 is 1.76 bits per heavy atom. The summed E-state index contributed by atoms with van der Waals surface area (Å²) in [6, 6.07) is 4.59. The zero-order chi connectivity index (χ0) is 13.2. The molecule has 0 aromatic heterocycles. The summed E-state index contributed by atoms with van der Waals surface area (Å²) in [7, 11) is 0. The van der Waals surface area contributed by atoms with Crippen LogP contribution in [0.4, 0.5) is 0 Å². The summed E-state index contributed by atoms with van der Waals surface area (Å²) >= 11 is 0. The first-order chi connectivity index (χ1) is 7.70. The molecule has 0 atom stereocenters. The number of carboxylic acid groups (broad SMARTS) is 1. The smallest absolute Gasteiger partial charge is 0.339 e. The molecule has 0 bridgehead atoms. The SMILES string of the molecule is Cc1ccc(C(=O)O)c(C(=O)OC(C)(C)C)c1. The molecule has 0 aliphatic heterocycles. The first-order valence-electron chi connectivity index (χ1n) is 5.28. The Morgan fingerprint density at radius 3 is 2.24 bits per heavy atom. The molecular formula is C13H16O4. The van der Waals surface area contributed by atoms with E-state index >= 15 is 0 Å². The average Bonchev–Trinajstić information content (AvgIpc) is 2.14. The van der Waals surface area contributed by atoms with E-state index in [2.05, 4.69) is 0 Å². The van der Waals surface area contributed by atoms with Crippen LogP contribution in [0.15, 0.2) is 18.2 Å². The van der Waals surface area contributed by atoms with Crippen LogP contribution in [0.5, 0.6) is 0 Å². The number of ether oxygens (including phenoxy) is 1. The van der Waals surface area contributed by atoms with Gasteiger partial charge in [0.2, 0.25) is 0 Å². The van der Waals surface area contributed by atoms with E-state index in [9.17, 15) is 9.59 Å². The Balaban J connectivity index is 3.16. The zero-order valence-electron chi connectivity index (χ0n) is 10.4. The third-order valence-electron chi connectivity index (χ3n) is 2.02. The second kappa shape index (κ2) is 4.57. The van der Waals surface area contributed by atoms with E-state index in [1.54, 1.807) is 33.8 Å². The molecule has 0 aliphatic rings. The third kappa shape index (κ3) is 3.59. The van der Waals surface area contributed by atoms with Gasteiger partial charge in [-0.1, -0.05) is 11.6 Å². The Bertz CT molecular complexity index is 455. The van der Waals surface area contributed by atoms with Gasteiger partial charge in [0.25, 0.3) is 0 Å². The van der Waals surface area contributed by atoms with Crippen LogP contribution in [0.3, 0.4) is 0 Å². The zero-order valence-corrected chi connectivity index (χ0v) is 10.4. The van der Waals surface area contributed by atoms with Crippen molar-refractivity contribution in [2.75, 3.05) is 0 Å². The molecule has 4 heteroatoms. The predicted octanol–water partition coefficient (Wildman–Crippen LogP) is 2.65. The fraction of sp³-hybridized carbons (Fsp3) is 0.385. The van der Waals surface area contributed by atoms with Crippen molar-refractivity contribution < 1.29 is 19.4 Å². The van der Waals surface area contributed by atoms with Gasteiger partial charge in [0.1, 0.15) is 5.60 Å². The number of benzene rings is 1. The lowest BCUT2D eigenvalue weighted by molar-refractivity contribution is 0.00657. The lowest BCUT2D eigenvalue weighted by Gasteiger charge is -2.20. The molecular weight excluding hydrogens is 220 g/mol. The summed E-state index contributed by atoms with van der Waals surface area (Å²) in [5, 5.41) is 9.00. The van der Waals surface area contributed by atoms with Crippen molar-refractivity contribution in [1.29, 1.82) is 0 Å². The lowest BCUT2D eigenvalue weighted by Crippen LogP contribution is -2.25. The molecule has 1 N–H and O–H groups in total. The summed E-state index contributed by atoms with van der Waals surface area (Å²) in [6.07, 6.45) is 0. The summed E-state index contributed by atoms with van der Waals surface area (Å²) in [6.45, 7) is 7.00. The quantitative estimate of drug-likeness (QED) is 0.802. The van der Waals surface area contributed by atoms with Gasteiger partial charge in [0, 0.05) is 0 Å². The standard InChI is InChI=1S/C13H16O4/c1-8-5-6-9(11(14)15)10(7-8)12(16)17-13(2,3)4/h5-7H,1-4H3,(H,14,15). The van der Waals surface area contributed by atoms with Gasteiger partial charge >= 0.3 is 11.9 Å². The van der Waals surface area contributed by atoms with Gasteiger partial charge < -0.3 is 9.84 Å². The van der Waals surface area contributed by atoms with E-state index < -0.39 is 17.5 Å². The monoisotopic (exact) mass is 236 g/mol. The molecule has 0 unspecified atom stereocenters. The normalized spacial score (nSPS) is 11.1. The Labute approximate surface area is 100 Å². The van der Waals surface area contributed by atoms with Gasteiger partial charge in [0.15, 0.2) is 0 Å². The number of hydrogen-bond acceptors (Lipinski definition) is 3. The van der Waals surface area contributed by atoms with Gasteiger partial charge in [-0.15, -0.1) is 0 Å². The second-order valence-corrected chi connectivity index (χ2v) is 4.86. The van der Waals surface area contributed by atoms with E-state index in [-0.39, 0.29) is 11.1 Å². The molecule has 17 heavy (non-hydrogen) atoms. The van der Waals surface area contributed by atoms with Crippen LogP contribution >= 0.6 is 0 Å². The predicted molar refractivity (Wildman–Crippen MR) is 63.3 cm³/mol. The van der Waals surface area contributed by atoms with E-state index in [0.717, 1.165) is 5.56 Å². The van der Waals surface area contributed by atoms with Crippen molar-refractivity contribution in [3.63, 3.8) is 0 Å². The van der Waals surface area contributed by atoms with Gasteiger partial charge in [-0.3, -0.25) is 0 Å². The van der Waals surface area contributed by atoms with Crippen LogP contribution in [0.2, 0.25) is 0 Å². The minimum absolute atomic E-state index is 0.0372. The Morgan fingerprint density at radius 1 is 1.18 bits per heavy atom. The van der Waals surface area contributed by atoms with Crippen LogP contribution < -0.4 is 0 Å². The average molecular weight is 236 g/mol.